The summed E-state index contributed by atoms with van der Waals surface area (Å²) < 4.78 is 0.843. The number of halogens is 1. The van der Waals surface area contributed by atoms with Gasteiger partial charge in [-0.3, -0.25) is 0 Å². The Labute approximate surface area is 124 Å². The largest absolute Gasteiger partial charge is 0.378 e. The summed E-state index contributed by atoms with van der Waals surface area (Å²) in [5.74, 6) is 0.627. The zero-order chi connectivity index (χ0) is 13.8. The molecule has 1 nitrogen and oxygen atoms in total. The van der Waals surface area contributed by atoms with Crippen molar-refractivity contribution in [3.63, 3.8) is 0 Å². The van der Waals surface area contributed by atoms with Gasteiger partial charge in [0.2, 0.25) is 0 Å². The molecule has 2 rings (SSSR count). The van der Waals surface area contributed by atoms with Gasteiger partial charge in [0.1, 0.15) is 0 Å². The Bertz CT molecular complexity index is 518. The predicted molar refractivity (Wildman–Crippen MR) is 86.5 cm³/mol. The highest BCUT2D eigenvalue weighted by atomic mass is 35.5. The third-order valence-electron chi connectivity index (χ3n) is 3.50. The first-order valence-electron chi connectivity index (χ1n) is 6.72. The van der Waals surface area contributed by atoms with Crippen molar-refractivity contribution in [2.75, 3.05) is 5.32 Å². The minimum Gasteiger partial charge on any atom is -0.378 e. The summed E-state index contributed by atoms with van der Waals surface area (Å²) in [6.07, 6.45) is 1.18. The number of benzene rings is 1. The topological polar surface area (TPSA) is 12.0 Å². The molecule has 0 spiro atoms. The molecule has 0 bridgehead atoms. The Balaban J connectivity index is 2.03. The molecule has 0 saturated heterocycles. The Morgan fingerprint density at radius 2 is 1.79 bits per heavy atom. The first-order chi connectivity index (χ1) is 9.10. The molecular formula is C16H20ClNS. The summed E-state index contributed by atoms with van der Waals surface area (Å²) >= 11 is 7.60. The van der Waals surface area contributed by atoms with Crippen molar-refractivity contribution >= 4 is 28.6 Å². The number of hydrogen-bond donors (Lipinski definition) is 1. The third kappa shape index (κ3) is 3.74. The van der Waals surface area contributed by atoms with Crippen LogP contribution < -0.4 is 5.32 Å². The summed E-state index contributed by atoms with van der Waals surface area (Å²) in [6, 6.07) is 13.1. The van der Waals surface area contributed by atoms with Crippen LogP contribution in [0.1, 0.15) is 49.6 Å². The van der Waals surface area contributed by atoms with Crippen LogP contribution in [-0.2, 0) is 0 Å². The Morgan fingerprint density at radius 3 is 2.32 bits per heavy atom. The standard InChI is InChI=1S/C16H20ClNS/c1-4-11(2)13-5-7-14(8-6-13)18-12(3)15-9-10-16(17)19-15/h5-12,18H,4H2,1-3H3. The molecule has 0 saturated carbocycles. The van der Waals surface area contributed by atoms with Crippen molar-refractivity contribution in [2.24, 2.45) is 0 Å². The van der Waals surface area contributed by atoms with Gasteiger partial charge in [-0.15, -0.1) is 11.3 Å². The van der Waals surface area contributed by atoms with E-state index in [4.69, 9.17) is 11.6 Å². The van der Waals surface area contributed by atoms with Crippen molar-refractivity contribution < 1.29 is 0 Å². The van der Waals surface area contributed by atoms with Crippen LogP contribution in [0.25, 0.3) is 0 Å². The van der Waals surface area contributed by atoms with E-state index >= 15 is 0 Å². The van der Waals surface area contributed by atoms with Gasteiger partial charge < -0.3 is 5.32 Å². The maximum atomic E-state index is 5.97. The second-order valence-electron chi connectivity index (χ2n) is 4.94. The molecule has 2 unspecified atom stereocenters. The average Bonchev–Trinajstić information content (AvgIpc) is 2.85. The van der Waals surface area contributed by atoms with Gasteiger partial charge in [0.15, 0.2) is 0 Å². The van der Waals surface area contributed by atoms with E-state index in [9.17, 15) is 0 Å². The van der Waals surface area contributed by atoms with E-state index in [0.29, 0.717) is 5.92 Å². The van der Waals surface area contributed by atoms with Gasteiger partial charge in [-0.25, -0.2) is 0 Å². The van der Waals surface area contributed by atoms with Gasteiger partial charge in [-0.2, -0.15) is 0 Å². The van der Waals surface area contributed by atoms with Gasteiger partial charge >= 0.3 is 0 Å². The van der Waals surface area contributed by atoms with E-state index < -0.39 is 0 Å². The number of thiophene rings is 1. The lowest BCUT2D eigenvalue weighted by molar-refractivity contribution is 0.733. The molecule has 1 heterocycles. The number of rotatable bonds is 5. The summed E-state index contributed by atoms with van der Waals surface area (Å²) in [4.78, 5) is 1.26. The monoisotopic (exact) mass is 293 g/mol. The lowest BCUT2D eigenvalue weighted by atomic mass is 9.98. The maximum absolute atomic E-state index is 5.97. The fourth-order valence-corrected chi connectivity index (χ4v) is 3.09. The van der Waals surface area contributed by atoms with Crippen molar-refractivity contribution in [1.82, 2.24) is 0 Å². The molecular weight excluding hydrogens is 274 g/mol. The van der Waals surface area contributed by atoms with E-state index in [1.165, 1.54) is 16.9 Å². The molecule has 0 fully saturated rings. The summed E-state index contributed by atoms with van der Waals surface area (Å²) in [6.45, 7) is 6.64. The highest BCUT2D eigenvalue weighted by Crippen LogP contribution is 2.29. The Kier molecular flexibility index (Phi) is 4.89. The van der Waals surface area contributed by atoms with Gasteiger partial charge in [0, 0.05) is 10.6 Å². The van der Waals surface area contributed by atoms with Gasteiger partial charge in [0.05, 0.1) is 10.4 Å². The fourth-order valence-electron chi connectivity index (χ4n) is 2.03. The van der Waals surface area contributed by atoms with Crippen molar-refractivity contribution in [2.45, 2.75) is 39.2 Å². The van der Waals surface area contributed by atoms with Crippen molar-refractivity contribution in [3.8, 4) is 0 Å². The van der Waals surface area contributed by atoms with Crippen LogP contribution in [0.2, 0.25) is 4.34 Å². The highest BCUT2D eigenvalue weighted by Gasteiger charge is 2.08. The van der Waals surface area contributed by atoms with Gasteiger partial charge in [-0.1, -0.05) is 37.6 Å². The van der Waals surface area contributed by atoms with E-state index in [0.717, 1.165) is 10.0 Å². The Hall–Kier alpha value is -0.990. The predicted octanol–water partition coefficient (Wildman–Crippen LogP) is 6.09. The third-order valence-corrected chi connectivity index (χ3v) is 4.91. The molecule has 1 N–H and O–H groups in total. The second kappa shape index (κ2) is 6.44. The molecule has 0 amide bonds. The van der Waals surface area contributed by atoms with Crippen LogP contribution in [0, 0.1) is 0 Å². The van der Waals surface area contributed by atoms with Gasteiger partial charge in [0.25, 0.3) is 0 Å². The molecule has 2 aromatic rings. The molecule has 1 aromatic heterocycles. The highest BCUT2D eigenvalue weighted by molar-refractivity contribution is 7.16. The van der Waals surface area contributed by atoms with Crippen LogP contribution in [0.3, 0.4) is 0 Å². The SMILES string of the molecule is CCC(C)c1ccc(NC(C)c2ccc(Cl)s2)cc1. The van der Waals surface area contributed by atoms with Crippen LogP contribution >= 0.6 is 22.9 Å². The normalized spacial score (nSPS) is 14.1. The molecule has 3 heteroatoms. The molecule has 0 aliphatic rings. The number of hydrogen-bond acceptors (Lipinski definition) is 2. The van der Waals surface area contributed by atoms with E-state index in [-0.39, 0.29) is 6.04 Å². The smallest absolute Gasteiger partial charge is 0.0932 e. The molecule has 19 heavy (non-hydrogen) atoms. The number of nitrogens with one attached hydrogen (secondary N) is 1. The molecule has 0 aliphatic heterocycles. The first kappa shape index (κ1) is 14.4. The molecule has 2 atom stereocenters. The van der Waals surface area contributed by atoms with E-state index in [1.807, 2.05) is 6.07 Å². The average molecular weight is 294 g/mol. The fraction of sp³-hybridized carbons (Fsp3) is 0.375. The van der Waals surface area contributed by atoms with Crippen LogP contribution in [0.5, 0.6) is 0 Å². The molecule has 102 valence electrons. The summed E-state index contributed by atoms with van der Waals surface area (Å²) in [5, 5.41) is 3.51. The molecule has 1 aromatic carbocycles. The van der Waals surface area contributed by atoms with Crippen LogP contribution in [0.15, 0.2) is 36.4 Å². The number of anilines is 1. The molecule has 0 aliphatic carbocycles. The zero-order valence-electron chi connectivity index (χ0n) is 11.6. The zero-order valence-corrected chi connectivity index (χ0v) is 13.2. The van der Waals surface area contributed by atoms with E-state index in [1.54, 1.807) is 11.3 Å². The minimum absolute atomic E-state index is 0.284. The summed E-state index contributed by atoms with van der Waals surface area (Å²) in [5.41, 5.74) is 2.56. The first-order valence-corrected chi connectivity index (χ1v) is 7.91. The lowest BCUT2D eigenvalue weighted by Crippen LogP contribution is -2.04. The molecule has 0 radical (unpaired) electrons. The minimum atomic E-state index is 0.284. The van der Waals surface area contributed by atoms with Crippen LogP contribution in [-0.4, -0.2) is 0 Å². The van der Waals surface area contributed by atoms with Crippen LogP contribution in [0.4, 0.5) is 5.69 Å². The maximum Gasteiger partial charge on any atom is 0.0932 e. The summed E-state index contributed by atoms with van der Waals surface area (Å²) in [7, 11) is 0. The van der Waals surface area contributed by atoms with Crippen molar-refractivity contribution in [1.29, 1.82) is 0 Å². The second-order valence-corrected chi connectivity index (χ2v) is 6.69. The van der Waals surface area contributed by atoms with Gasteiger partial charge in [-0.05, 0) is 49.1 Å². The van der Waals surface area contributed by atoms with Crippen molar-refractivity contribution in [3.05, 3.63) is 51.2 Å². The lowest BCUT2D eigenvalue weighted by Gasteiger charge is -2.15. The van der Waals surface area contributed by atoms with E-state index in [2.05, 4.69) is 56.4 Å². The quantitative estimate of drug-likeness (QED) is 0.703. The Morgan fingerprint density at radius 1 is 1.11 bits per heavy atom.